The van der Waals surface area contributed by atoms with Crippen LogP contribution in [0.4, 0.5) is 4.79 Å². The quantitative estimate of drug-likeness (QED) is 0.845. The van der Waals surface area contributed by atoms with Crippen molar-refractivity contribution in [2.75, 3.05) is 6.54 Å². The Morgan fingerprint density at radius 1 is 1.44 bits per heavy atom. The van der Waals surface area contributed by atoms with Gasteiger partial charge in [-0.3, -0.25) is 4.79 Å². The van der Waals surface area contributed by atoms with Gasteiger partial charge in [-0.25, -0.2) is 4.79 Å². The lowest BCUT2D eigenvalue weighted by atomic mass is 10.1. The van der Waals surface area contributed by atoms with Crippen molar-refractivity contribution in [1.82, 2.24) is 10.2 Å². The first-order valence-corrected chi connectivity index (χ1v) is 5.87. The molecule has 0 aromatic heterocycles. The maximum atomic E-state index is 11.7. The predicted molar refractivity (Wildman–Crippen MR) is 66.2 cm³/mol. The molecule has 0 bridgehead atoms. The average molecular weight is 248 g/mol. The third-order valence-corrected chi connectivity index (χ3v) is 2.97. The van der Waals surface area contributed by atoms with Crippen LogP contribution >= 0.6 is 0 Å². The second-order valence-electron chi connectivity index (χ2n) is 4.61. The fraction of sp³-hybridized carbons (Fsp3) is 0.385. The van der Waals surface area contributed by atoms with E-state index in [9.17, 15) is 9.59 Å². The van der Waals surface area contributed by atoms with Crippen LogP contribution in [0.2, 0.25) is 0 Å². The molecule has 18 heavy (non-hydrogen) atoms. The lowest BCUT2D eigenvalue weighted by molar-refractivity contribution is -0.137. The van der Waals surface area contributed by atoms with Gasteiger partial charge in [-0.15, -0.1) is 0 Å². The number of rotatable bonds is 4. The number of amides is 2. The lowest BCUT2D eigenvalue weighted by Gasteiger charge is -2.14. The smallest absolute Gasteiger partial charge is 0.318 e. The van der Waals surface area contributed by atoms with Gasteiger partial charge in [0.25, 0.3) is 0 Å². The van der Waals surface area contributed by atoms with Gasteiger partial charge < -0.3 is 15.3 Å². The van der Waals surface area contributed by atoms with Crippen molar-refractivity contribution in [3.8, 4) is 0 Å². The van der Waals surface area contributed by atoms with E-state index in [0.717, 1.165) is 5.56 Å². The molecule has 1 aromatic rings. The van der Waals surface area contributed by atoms with Crippen LogP contribution in [0, 0.1) is 6.92 Å². The van der Waals surface area contributed by atoms with Crippen LogP contribution in [-0.4, -0.2) is 34.6 Å². The average Bonchev–Trinajstić information content (AvgIpc) is 2.61. The van der Waals surface area contributed by atoms with E-state index in [0.29, 0.717) is 13.1 Å². The Balaban J connectivity index is 1.96. The summed E-state index contributed by atoms with van der Waals surface area (Å²) in [6.07, 6.45) is -0.0316. The SMILES string of the molecule is Cc1ccc(CN2CC(CC(=O)O)NC2=O)cc1. The Hall–Kier alpha value is -2.04. The number of aliphatic carboxylic acids is 1. The van der Waals surface area contributed by atoms with Crippen LogP contribution in [-0.2, 0) is 11.3 Å². The molecule has 2 N–H and O–H groups in total. The molecule has 0 saturated carbocycles. The molecule has 1 aliphatic heterocycles. The Labute approximate surface area is 105 Å². The molecule has 5 heteroatoms. The molecule has 1 aliphatic rings. The number of nitrogens with zero attached hydrogens (tertiary/aromatic N) is 1. The Morgan fingerprint density at radius 3 is 2.72 bits per heavy atom. The zero-order valence-corrected chi connectivity index (χ0v) is 10.2. The number of carbonyl (C=O) groups excluding carboxylic acids is 1. The minimum absolute atomic E-state index is 0.0316. The number of carboxylic acids is 1. The summed E-state index contributed by atoms with van der Waals surface area (Å²) in [5, 5.41) is 11.4. The standard InChI is InChI=1S/C13H16N2O3/c1-9-2-4-10(5-3-9)7-15-8-11(6-12(16)17)14-13(15)18/h2-5,11H,6-8H2,1H3,(H,14,18)(H,16,17). The summed E-state index contributed by atoms with van der Waals surface area (Å²) in [6, 6.07) is 7.47. The van der Waals surface area contributed by atoms with Crippen LogP contribution in [0.5, 0.6) is 0 Å². The van der Waals surface area contributed by atoms with Crippen LogP contribution in [0.15, 0.2) is 24.3 Å². The first-order chi connectivity index (χ1) is 8.54. The summed E-state index contributed by atoms with van der Waals surface area (Å²) in [5.41, 5.74) is 2.22. The molecule has 0 spiro atoms. The van der Waals surface area contributed by atoms with E-state index in [-0.39, 0.29) is 18.5 Å². The molecule has 5 nitrogen and oxygen atoms in total. The summed E-state index contributed by atoms with van der Waals surface area (Å²) in [4.78, 5) is 23.9. The molecule has 0 aliphatic carbocycles. The van der Waals surface area contributed by atoms with Gasteiger partial charge in [-0.1, -0.05) is 29.8 Å². The topological polar surface area (TPSA) is 69.6 Å². The highest BCUT2D eigenvalue weighted by molar-refractivity contribution is 5.78. The fourth-order valence-electron chi connectivity index (χ4n) is 2.04. The third kappa shape index (κ3) is 3.00. The first-order valence-electron chi connectivity index (χ1n) is 5.87. The number of hydrogen-bond acceptors (Lipinski definition) is 2. The molecule has 1 aromatic carbocycles. The van der Waals surface area contributed by atoms with E-state index < -0.39 is 5.97 Å². The van der Waals surface area contributed by atoms with Crippen LogP contribution in [0.1, 0.15) is 17.5 Å². The van der Waals surface area contributed by atoms with E-state index in [4.69, 9.17) is 5.11 Å². The molecular weight excluding hydrogens is 232 g/mol. The van der Waals surface area contributed by atoms with Crippen LogP contribution in [0.3, 0.4) is 0 Å². The van der Waals surface area contributed by atoms with Gasteiger partial charge in [0.1, 0.15) is 0 Å². The zero-order valence-electron chi connectivity index (χ0n) is 10.2. The van der Waals surface area contributed by atoms with Crippen molar-refractivity contribution < 1.29 is 14.7 Å². The van der Waals surface area contributed by atoms with E-state index >= 15 is 0 Å². The van der Waals surface area contributed by atoms with Crippen molar-refractivity contribution in [1.29, 1.82) is 0 Å². The van der Waals surface area contributed by atoms with Gasteiger partial charge in [-0.05, 0) is 12.5 Å². The van der Waals surface area contributed by atoms with Crippen molar-refractivity contribution >= 4 is 12.0 Å². The molecule has 2 amide bonds. The third-order valence-electron chi connectivity index (χ3n) is 2.97. The minimum atomic E-state index is -0.891. The first kappa shape index (κ1) is 12.4. The van der Waals surface area contributed by atoms with Gasteiger partial charge in [0.2, 0.25) is 0 Å². The number of hydrogen-bond donors (Lipinski definition) is 2. The molecule has 1 heterocycles. The number of benzene rings is 1. The second kappa shape index (κ2) is 5.08. The summed E-state index contributed by atoms with van der Waals surface area (Å²) >= 11 is 0. The van der Waals surface area contributed by atoms with Crippen molar-refractivity contribution in [2.24, 2.45) is 0 Å². The zero-order chi connectivity index (χ0) is 13.1. The van der Waals surface area contributed by atoms with Crippen LogP contribution < -0.4 is 5.32 Å². The minimum Gasteiger partial charge on any atom is -0.481 e. The summed E-state index contributed by atoms with van der Waals surface area (Å²) in [6.45, 7) is 2.97. The van der Waals surface area contributed by atoms with Gasteiger partial charge in [0.15, 0.2) is 0 Å². The summed E-state index contributed by atoms with van der Waals surface area (Å²) < 4.78 is 0. The second-order valence-corrected chi connectivity index (χ2v) is 4.61. The van der Waals surface area contributed by atoms with E-state index in [1.54, 1.807) is 4.90 Å². The molecular formula is C13H16N2O3. The fourth-order valence-corrected chi connectivity index (χ4v) is 2.04. The monoisotopic (exact) mass is 248 g/mol. The number of urea groups is 1. The number of carboxylic acid groups (broad SMARTS) is 1. The van der Waals surface area contributed by atoms with Gasteiger partial charge >= 0.3 is 12.0 Å². The van der Waals surface area contributed by atoms with Crippen molar-refractivity contribution in [3.05, 3.63) is 35.4 Å². The molecule has 1 fully saturated rings. The van der Waals surface area contributed by atoms with E-state index in [1.165, 1.54) is 5.56 Å². The predicted octanol–water partition coefficient (Wildman–Crippen LogP) is 1.36. The highest BCUT2D eigenvalue weighted by atomic mass is 16.4. The number of carbonyl (C=O) groups is 2. The molecule has 96 valence electrons. The molecule has 2 rings (SSSR count). The Morgan fingerprint density at radius 2 is 2.11 bits per heavy atom. The normalized spacial score (nSPS) is 18.8. The molecule has 1 unspecified atom stereocenters. The molecule has 1 atom stereocenters. The van der Waals surface area contributed by atoms with Gasteiger partial charge in [-0.2, -0.15) is 0 Å². The molecule has 0 radical (unpaired) electrons. The highest BCUT2D eigenvalue weighted by Crippen LogP contribution is 2.13. The Kier molecular flexibility index (Phi) is 3.50. The Bertz CT molecular complexity index is 456. The van der Waals surface area contributed by atoms with E-state index in [1.807, 2.05) is 31.2 Å². The summed E-state index contributed by atoms with van der Waals surface area (Å²) in [5.74, 6) is -0.891. The lowest BCUT2D eigenvalue weighted by Crippen LogP contribution is -2.29. The maximum absolute atomic E-state index is 11.7. The largest absolute Gasteiger partial charge is 0.481 e. The van der Waals surface area contributed by atoms with Crippen molar-refractivity contribution in [3.63, 3.8) is 0 Å². The highest BCUT2D eigenvalue weighted by Gasteiger charge is 2.29. The summed E-state index contributed by atoms with van der Waals surface area (Å²) in [7, 11) is 0. The van der Waals surface area contributed by atoms with Crippen molar-refractivity contribution in [2.45, 2.75) is 25.9 Å². The number of nitrogens with one attached hydrogen (secondary N) is 1. The number of aryl methyl sites for hydroxylation is 1. The van der Waals surface area contributed by atoms with Gasteiger partial charge in [0.05, 0.1) is 12.5 Å². The van der Waals surface area contributed by atoms with Gasteiger partial charge in [0, 0.05) is 13.1 Å². The maximum Gasteiger partial charge on any atom is 0.318 e. The van der Waals surface area contributed by atoms with Crippen LogP contribution in [0.25, 0.3) is 0 Å². The molecule has 1 saturated heterocycles. The van der Waals surface area contributed by atoms with E-state index in [2.05, 4.69) is 5.32 Å².